The van der Waals surface area contributed by atoms with Gasteiger partial charge in [-0.1, -0.05) is 30.3 Å². The summed E-state index contributed by atoms with van der Waals surface area (Å²) in [5.74, 6) is 0.0329. The SMILES string of the molecule is Cc1ccccc1NCC(=O)c1cccc(N)c1. The van der Waals surface area contributed by atoms with Crippen LogP contribution in [0.2, 0.25) is 0 Å². The molecule has 92 valence electrons. The largest absolute Gasteiger partial charge is 0.399 e. The van der Waals surface area contributed by atoms with Crippen LogP contribution in [-0.4, -0.2) is 12.3 Å². The first-order valence-corrected chi connectivity index (χ1v) is 5.85. The number of nitrogens with one attached hydrogen (secondary N) is 1. The number of benzene rings is 2. The lowest BCUT2D eigenvalue weighted by Gasteiger charge is -2.08. The molecule has 2 aromatic carbocycles. The number of Topliss-reactive ketones (excluding diaryl/α,β-unsaturated/α-hetero) is 1. The number of hydrogen-bond donors (Lipinski definition) is 2. The minimum Gasteiger partial charge on any atom is -0.399 e. The fourth-order valence-electron chi connectivity index (χ4n) is 1.76. The first-order chi connectivity index (χ1) is 8.66. The quantitative estimate of drug-likeness (QED) is 0.638. The van der Waals surface area contributed by atoms with Crippen LogP contribution in [0.25, 0.3) is 0 Å². The Morgan fingerprint density at radius 2 is 1.94 bits per heavy atom. The Morgan fingerprint density at radius 3 is 2.67 bits per heavy atom. The van der Waals surface area contributed by atoms with Crippen LogP contribution in [0.1, 0.15) is 15.9 Å². The van der Waals surface area contributed by atoms with Gasteiger partial charge in [-0.25, -0.2) is 0 Å². The number of ketones is 1. The van der Waals surface area contributed by atoms with Gasteiger partial charge < -0.3 is 11.1 Å². The van der Waals surface area contributed by atoms with Crippen molar-refractivity contribution in [3.05, 3.63) is 59.7 Å². The number of rotatable bonds is 4. The van der Waals surface area contributed by atoms with Gasteiger partial charge in [0.25, 0.3) is 0 Å². The summed E-state index contributed by atoms with van der Waals surface area (Å²) in [4.78, 5) is 12.0. The van der Waals surface area contributed by atoms with E-state index in [1.165, 1.54) is 0 Å². The van der Waals surface area contributed by atoms with Crippen molar-refractivity contribution in [3.63, 3.8) is 0 Å². The molecule has 0 aromatic heterocycles. The van der Waals surface area contributed by atoms with Gasteiger partial charge in [-0.05, 0) is 30.7 Å². The molecule has 0 saturated heterocycles. The number of anilines is 2. The standard InChI is InChI=1S/C15H16N2O/c1-11-5-2-3-8-14(11)17-10-15(18)12-6-4-7-13(16)9-12/h2-9,17H,10,16H2,1H3. The van der Waals surface area contributed by atoms with Crippen LogP contribution in [0.3, 0.4) is 0 Å². The van der Waals surface area contributed by atoms with Gasteiger partial charge in [0.15, 0.2) is 5.78 Å². The third kappa shape index (κ3) is 2.88. The Bertz CT molecular complexity index is 564. The second-order valence-electron chi connectivity index (χ2n) is 4.22. The Kier molecular flexibility index (Phi) is 3.63. The molecular formula is C15H16N2O. The number of carbonyl (C=O) groups is 1. The third-order valence-corrected chi connectivity index (χ3v) is 2.79. The fraction of sp³-hybridized carbons (Fsp3) is 0.133. The molecule has 18 heavy (non-hydrogen) atoms. The Labute approximate surface area is 107 Å². The molecule has 0 fully saturated rings. The van der Waals surface area contributed by atoms with E-state index in [4.69, 9.17) is 5.73 Å². The second kappa shape index (κ2) is 5.36. The van der Waals surface area contributed by atoms with Gasteiger partial charge in [0.1, 0.15) is 0 Å². The van der Waals surface area contributed by atoms with Crippen molar-refractivity contribution in [2.24, 2.45) is 0 Å². The fourth-order valence-corrected chi connectivity index (χ4v) is 1.76. The van der Waals surface area contributed by atoms with Gasteiger partial charge in [0.2, 0.25) is 0 Å². The van der Waals surface area contributed by atoms with Crippen LogP contribution in [0.5, 0.6) is 0 Å². The molecule has 0 unspecified atom stereocenters. The molecule has 0 radical (unpaired) electrons. The molecule has 0 amide bonds. The van der Waals surface area contributed by atoms with E-state index in [2.05, 4.69) is 5.32 Å². The molecule has 3 N–H and O–H groups in total. The molecule has 2 rings (SSSR count). The van der Waals surface area contributed by atoms with Gasteiger partial charge in [-0.15, -0.1) is 0 Å². The normalized spacial score (nSPS) is 10.1. The van der Waals surface area contributed by atoms with Crippen LogP contribution >= 0.6 is 0 Å². The first-order valence-electron chi connectivity index (χ1n) is 5.85. The van der Waals surface area contributed by atoms with Gasteiger partial charge >= 0.3 is 0 Å². The summed E-state index contributed by atoms with van der Waals surface area (Å²) < 4.78 is 0. The molecule has 0 aliphatic carbocycles. The van der Waals surface area contributed by atoms with Gasteiger partial charge in [0, 0.05) is 16.9 Å². The third-order valence-electron chi connectivity index (χ3n) is 2.79. The minimum atomic E-state index is 0.0329. The van der Waals surface area contributed by atoms with E-state index in [9.17, 15) is 4.79 Å². The van der Waals surface area contributed by atoms with Crippen molar-refractivity contribution in [1.29, 1.82) is 0 Å². The van der Waals surface area contributed by atoms with E-state index in [1.807, 2.05) is 31.2 Å². The zero-order chi connectivity index (χ0) is 13.0. The number of nitrogens with two attached hydrogens (primary N) is 1. The predicted octanol–water partition coefficient (Wildman–Crippen LogP) is 2.87. The maximum Gasteiger partial charge on any atom is 0.181 e. The van der Waals surface area contributed by atoms with E-state index in [0.29, 0.717) is 11.3 Å². The summed E-state index contributed by atoms with van der Waals surface area (Å²) in [6.07, 6.45) is 0. The molecule has 0 atom stereocenters. The van der Waals surface area contributed by atoms with Crippen LogP contribution in [-0.2, 0) is 0 Å². The lowest BCUT2D eigenvalue weighted by Crippen LogP contribution is -2.14. The van der Waals surface area contributed by atoms with Gasteiger partial charge in [0.05, 0.1) is 6.54 Å². The molecule has 0 heterocycles. The molecule has 2 aromatic rings. The Balaban J connectivity index is 2.03. The number of nitrogen functional groups attached to an aromatic ring is 1. The van der Waals surface area contributed by atoms with Gasteiger partial charge in [-0.2, -0.15) is 0 Å². The van der Waals surface area contributed by atoms with E-state index >= 15 is 0 Å². The first kappa shape index (κ1) is 12.2. The zero-order valence-electron chi connectivity index (χ0n) is 10.3. The molecule has 0 saturated carbocycles. The summed E-state index contributed by atoms with van der Waals surface area (Å²) in [5, 5.41) is 3.14. The summed E-state index contributed by atoms with van der Waals surface area (Å²) in [6, 6.07) is 14.9. The number of para-hydroxylation sites is 1. The molecular weight excluding hydrogens is 224 g/mol. The smallest absolute Gasteiger partial charge is 0.181 e. The second-order valence-corrected chi connectivity index (χ2v) is 4.22. The summed E-state index contributed by atoms with van der Waals surface area (Å²) in [5.41, 5.74) is 9.00. The highest BCUT2D eigenvalue weighted by Gasteiger charge is 2.06. The van der Waals surface area contributed by atoms with E-state index in [1.54, 1.807) is 24.3 Å². The van der Waals surface area contributed by atoms with Crippen LogP contribution < -0.4 is 11.1 Å². The monoisotopic (exact) mass is 240 g/mol. The summed E-state index contributed by atoms with van der Waals surface area (Å²) in [6.45, 7) is 2.28. The number of carbonyl (C=O) groups excluding carboxylic acids is 1. The van der Waals surface area contributed by atoms with Gasteiger partial charge in [-0.3, -0.25) is 4.79 Å². The zero-order valence-corrected chi connectivity index (χ0v) is 10.3. The molecule has 0 aliphatic heterocycles. The highest BCUT2D eigenvalue weighted by atomic mass is 16.1. The lowest BCUT2D eigenvalue weighted by atomic mass is 10.1. The predicted molar refractivity (Wildman–Crippen MR) is 74.9 cm³/mol. The maximum atomic E-state index is 12.0. The van der Waals surface area contributed by atoms with Crippen LogP contribution in [0, 0.1) is 6.92 Å². The summed E-state index contributed by atoms with van der Waals surface area (Å²) >= 11 is 0. The van der Waals surface area contributed by atoms with E-state index in [0.717, 1.165) is 11.3 Å². The molecule has 0 bridgehead atoms. The number of aryl methyl sites for hydroxylation is 1. The van der Waals surface area contributed by atoms with E-state index < -0.39 is 0 Å². The average molecular weight is 240 g/mol. The van der Waals surface area contributed by atoms with Crippen molar-refractivity contribution in [2.45, 2.75) is 6.92 Å². The topological polar surface area (TPSA) is 55.1 Å². The minimum absolute atomic E-state index is 0.0329. The van der Waals surface area contributed by atoms with Crippen LogP contribution in [0.4, 0.5) is 11.4 Å². The van der Waals surface area contributed by atoms with Crippen molar-refractivity contribution < 1.29 is 4.79 Å². The molecule has 3 nitrogen and oxygen atoms in total. The Morgan fingerprint density at radius 1 is 1.17 bits per heavy atom. The van der Waals surface area contributed by atoms with E-state index in [-0.39, 0.29) is 12.3 Å². The summed E-state index contributed by atoms with van der Waals surface area (Å²) in [7, 11) is 0. The Hall–Kier alpha value is -2.29. The highest BCUT2D eigenvalue weighted by molar-refractivity contribution is 5.99. The molecule has 0 aliphatic rings. The number of hydrogen-bond acceptors (Lipinski definition) is 3. The molecule has 3 heteroatoms. The highest BCUT2D eigenvalue weighted by Crippen LogP contribution is 2.13. The molecule has 0 spiro atoms. The maximum absolute atomic E-state index is 12.0. The lowest BCUT2D eigenvalue weighted by molar-refractivity contribution is 0.101. The van der Waals surface area contributed by atoms with Crippen molar-refractivity contribution in [3.8, 4) is 0 Å². The average Bonchev–Trinajstić information content (AvgIpc) is 2.37. The van der Waals surface area contributed by atoms with Crippen molar-refractivity contribution in [1.82, 2.24) is 0 Å². The van der Waals surface area contributed by atoms with Crippen molar-refractivity contribution in [2.75, 3.05) is 17.6 Å². The van der Waals surface area contributed by atoms with Crippen LogP contribution in [0.15, 0.2) is 48.5 Å². The van der Waals surface area contributed by atoms with Crippen molar-refractivity contribution >= 4 is 17.2 Å².